The first-order valence-electron chi connectivity index (χ1n) is 5.63. The molecule has 6 nitrogen and oxygen atoms in total. The van der Waals surface area contributed by atoms with Gasteiger partial charge in [-0.25, -0.2) is 10.8 Å². The van der Waals surface area contributed by atoms with Crippen LogP contribution in [0.5, 0.6) is 11.6 Å². The number of benzene rings is 1. The summed E-state index contributed by atoms with van der Waals surface area (Å²) in [6.07, 6.45) is 0. The summed E-state index contributed by atoms with van der Waals surface area (Å²) in [4.78, 5) is 8.23. The number of anilines is 1. The van der Waals surface area contributed by atoms with Crippen LogP contribution in [0.4, 0.5) is 5.82 Å². The molecule has 96 valence electrons. The Labute approximate surface area is 110 Å². The third kappa shape index (κ3) is 2.97. The summed E-state index contributed by atoms with van der Waals surface area (Å²) in [6.45, 7) is 3.64. The first-order chi connectivity index (χ1) is 9.12. The van der Waals surface area contributed by atoms with E-state index < -0.39 is 0 Å². The van der Waals surface area contributed by atoms with Gasteiger partial charge in [0.15, 0.2) is 0 Å². The molecule has 1 aromatic carbocycles. The van der Waals surface area contributed by atoms with E-state index in [1.807, 2.05) is 13.0 Å². The van der Waals surface area contributed by atoms with Gasteiger partial charge in [0.25, 0.3) is 0 Å². The van der Waals surface area contributed by atoms with Crippen molar-refractivity contribution in [2.45, 2.75) is 13.8 Å². The minimum absolute atomic E-state index is 0.374. The van der Waals surface area contributed by atoms with Crippen molar-refractivity contribution in [3.05, 3.63) is 41.2 Å². The molecule has 0 bridgehead atoms. The molecule has 0 amide bonds. The maximum Gasteiger partial charge on any atom is 0.224 e. The van der Waals surface area contributed by atoms with E-state index >= 15 is 0 Å². The van der Waals surface area contributed by atoms with Crippen molar-refractivity contribution >= 4 is 5.82 Å². The number of aromatic nitrogens is 2. The van der Waals surface area contributed by atoms with E-state index in [1.54, 1.807) is 25.1 Å². The Balaban J connectivity index is 2.36. The molecule has 0 aliphatic carbocycles. The van der Waals surface area contributed by atoms with Gasteiger partial charge in [-0.2, -0.15) is 10.2 Å². The van der Waals surface area contributed by atoms with Crippen molar-refractivity contribution in [1.82, 2.24) is 9.97 Å². The lowest BCUT2D eigenvalue weighted by atomic mass is 10.1. The predicted molar refractivity (Wildman–Crippen MR) is 70.5 cm³/mol. The molecule has 0 atom stereocenters. The molecule has 2 aromatic rings. The van der Waals surface area contributed by atoms with Gasteiger partial charge < -0.3 is 10.2 Å². The third-order valence-electron chi connectivity index (χ3n) is 2.49. The molecular formula is C13H13N5O. The Morgan fingerprint density at radius 3 is 2.74 bits per heavy atom. The highest BCUT2D eigenvalue weighted by atomic mass is 16.5. The molecule has 2 rings (SSSR count). The molecule has 1 aromatic heterocycles. The van der Waals surface area contributed by atoms with Gasteiger partial charge >= 0.3 is 0 Å². The zero-order valence-electron chi connectivity index (χ0n) is 10.6. The van der Waals surface area contributed by atoms with Gasteiger partial charge in [-0.1, -0.05) is 6.07 Å². The van der Waals surface area contributed by atoms with E-state index in [1.165, 1.54) is 0 Å². The number of nitrogens with two attached hydrogens (primary N) is 1. The van der Waals surface area contributed by atoms with Crippen LogP contribution in [0.25, 0.3) is 0 Å². The van der Waals surface area contributed by atoms with Crippen LogP contribution in [0.3, 0.4) is 0 Å². The number of nitriles is 1. The monoisotopic (exact) mass is 255 g/mol. The van der Waals surface area contributed by atoms with Gasteiger partial charge in [-0.05, 0) is 31.5 Å². The fourth-order valence-electron chi connectivity index (χ4n) is 1.56. The van der Waals surface area contributed by atoms with Crippen LogP contribution in [0.15, 0.2) is 24.3 Å². The number of hydrazine groups is 1. The van der Waals surface area contributed by atoms with E-state index in [2.05, 4.69) is 21.5 Å². The molecule has 3 N–H and O–H groups in total. The average molecular weight is 255 g/mol. The largest absolute Gasteiger partial charge is 0.439 e. The van der Waals surface area contributed by atoms with Crippen molar-refractivity contribution in [1.29, 1.82) is 5.26 Å². The van der Waals surface area contributed by atoms with Crippen LogP contribution in [-0.4, -0.2) is 9.97 Å². The molecule has 0 spiro atoms. The number of aryl methyl sites for hydroxylation is 2. The van der Waals surface area contributed by atoms with E-state index in [9.17, 15) is 0 Å². The van der Waals surface area contributed by atoms with E-state index in [0.29, 0.717) is 28.8 Å². The molecule has 0 aliphatic heterocycles. The summed E-state index contributed by atoms with van der Waals surface area (Å²) < 4.78 is 5.68. The number of rotatable bonds is 3. The molecule has 0 fully saturated rings. The van der Waals surface area contributed by atoms with Crippen molar-refractivity contribution < 1.29 is 4.74 Å². The molecule has 0 aliphatic rings. The molecule has 19 heavy (non-hydrogen) atoms. The normalized spacial score (nSPS) is 9.79. The van der Waals surface area contributed by atoms with Crippen LogP contribution in [0, 0.1) is 25.2 Å². The summed E-state index contributed by atoms with van der Waals surface area (Å²) in [5.41, 5.74) is 3.89. The van der Waals surface area contributed by atoms with E-state index in [4.69, 9.17) is 15.8 Å². The Bertz CT molecular complexity index is 648. The maximum absolute atomic E-state index is 8.89. The third-order valence-corrected chi connectivity index (χ3v) is 2.49. The summed E-state index contributed by atoms with van der Waals surface area (Å²) in [7, 11) is 0. The molecule has 0 saturated carbocycles. The second-order valence-electron chi connectivity index (χ2n) is 3.98. The highest BCUT2D eigenvalue weighted by molar-refractivity contribution is 5.44. The quantitative estimate of drug-likeness (QED) is 0.643. The zero-order chi connectivity index (χ0) is 13.8. The van der Waals surface area contributed by atoms with Gasteiger partial charge in [-0.3, -0.25) is 0 Å². The average Bonchev–Trinajstić information content (AvgIpc) is 2.40. The number of hydrogen-bond acceptors (Lipinski definition) is 6. The minimum atomic E-state index is 0.374. The Morgan fingerprint density at radius 2 is 2.05 bits per heavy atom. The van der Waals surface area contributed by atoms with Gasteiger partial charge in [0.2, 0.25) is 5.88 Å². The smallest absolute Gasteiger partial charge is 0.224 e. The molecule has 1 heterocycles. The van der Waals surface area contributed by atoms with Crippen LogP contribution < -0.4 is 16.0 Å². The van der Waals surface area contributed by atoms with Crippen LogP contribution >= 0.6 is 0 Å². The SMILES string of the molecule is Cc1nc(NN)cc(Oc2cc(C#N)ccc2C)n1. The van der Waals surface area contributed by atoms with Crippen molar-refractivity contribution in [2.75, 3.05) is 5.43 Å². The summed E-state index contributed by atoms with van der Waals surface area (Å²) in [5.74, 6) is 7.29. The maximum atomic E-state index is 8.89. The molecule has 0 saturated heterocycles. The van der Waals surface area contributed by atoms with Gasteiger partial charge in [0.1, 0.15) is 17.4 Å². The van der Waals surface area contributed by atoms with Crippen LogP contribution in [0.1, 0.15) is 17.0 Å². The van der Waals surface area contributed by atoms with Crippen LogP contribution in [-0.2, 0) is 0 Å². The summed E-state index contributed by atoms with van der Waals surface area (Å²) in [6, 6.07) is 8.89. The second kappa shape index (κ2) is 5.33. The molecular weight excluding hydrogens is 242 g/mol. The first-order valence-corrected chi connectivity index (χ1v) is 5.63. The summed E-state index contributed by atoms with van der Waals surface area (Å²) in [5, 5.41) is 8.89. The van der Waals surface area contributed by atoms with Crippen molar-refractivity contribution in [2.24, 2.45) is 5.84 Å². The van der Waals surface area contributed by atoms with Gasteiger partial charge in [0.05, 0.1) is 11.6 Å². The number of nitrogen functional groups attached to an aromatic ring is 1. The molecule has 6 heteroatoms. The van der Waals surface area contributed by atoms with Crippen LogP contribution in [0.2, 0.25) is 0 Å². The Morgan fingerprint density at radius 1 is 1.26 bits per heavy atom. The predicted octanol–water partition coefficient (Wildman–Crippen LogP) is 2.04. The standard InChI is InChI=1S/C13H13N5O/c1-8-3-4-10(7-14)5-11(8)19-13-6-12(18-15)16-9(2)17-13/h3-6H,15H2,1-2H3,(H,16,17,18). The highest BCUT2D eigenvalue weighted by Gasteiger charge is 2.06. The Kier molecular flexibility index (Phi) is 3.59. The van der Waals surface area contributed by atoms with Crippen molar-refractivity contribution in [3.8, 4) is 17.7 Å². The van der Waals surface area contributed by atoms with E-state index in [0.717, 1.165) is 5.56 Å². The molecule has 0 radical (unpaired) electrons. The van der Waals surface area contributed by atoms with Crippen molar-refractivity contribution in [3.63, 3.8) is 0 Å². The van der Waals surface area contributed by atoms with Gasteiger partial charge in [-0.15, -0.1) is 0 Å². The topological polar surface area (TPSA) is 96.9 Å². The minimum Gasteiger partial charge on any atom is -0.439 e. The lowest BCUT2D eigenvalue weighted by molar-refractivity contribution is 0.456. The zero-order valence-corrected chi connectivity index (χ0v) is 10.6. The summed E-state index contributed by atoms with van der Waals surface area (Å²) >= 11 is 0. The fourth-order valence-corrected chi connectivity index (χ4v) is 1.56. The number of nitrogens with zero attached hydrogens (tertiary/aromatic N) is 3. The fraction of sp³-hybridized carbons (Fsp3) is 0.154. The lowest BCUT2D eigenvalue weighted by Gasteiger charge is -2.09. The number of nitrogens with one attached hydrogen (secondary N) is 1. The first kappa shape index (κ1) is 12.8. The number of ether oxygens (including phenoxy) is 1. The highest BCUT2D eigenvalue weighted by Crippen LogP contribution is 2.25. The van der Waals surface area contributed by atoms with E-state index in [-0.39, 0.29) is 0 Å². The molecule has 0 unspecified atom stereocenters. The Hall–Kier alpha value is -2.65. The van der Waals surface area contributed by atoms with Gasteiger partial charge in [0, 0.05) is 6.07 Å². The lowest BCUT2D eigenvalue weighted by Crippen LogP contribution is -2.09. The second-order valence-corrected chi connectivity index (χ2v) is 3.98. The number of hydrogen-bond donors (Lipinski definition) is 2.